The Labute approximate surface area is 343 Å². The Morgan fingerprint density at radius 3 is 2.27 bits per heavy atom. The number of ketones is 1. The second-order valence-corrected chi connectivity index (χ2v) is 15.5. The predicted octanol–water partition coefficient (Wildman–Crippen LogP) is -0.255. The molecule has 2 aliphatic rings. The maximum absolute atomic E-state index is 14.5. The molecule has 20 heteroatoms. The number of amides is 7. The highest BCUT2D eigenvalue weighted by Gasteiger charge is 2.46. The van der Waals surface area contributed by atoms with Crippen molar-refractivity contribution in [2.24, 2.45) is 17.6 Å². The lowest BCUT2D eigenvalue weighted by atomic mass is 9.98. The van der Waals surface area contributed by atoms with Gasteiger partial charge in [-0.15, -0.1) is 5.10 Å². The summed E-state index contributed by atoms with van der Waals surface area (Å²) in [7, 11) is 0. The standard InChI is InChI=1S/C39H57N11O9/c1-6-11-28(34(53)37(56)44-31(52)19-40)42-35(54)29-18-27(59-39(58)48-17-15-25-12-7-8-13-26(25)20-48)21-50(29)38(57)33(24(4)5)45-36(55)32(23(2)3)43-30(51)14-9-10-16-49-22-41-46-47-49/h7-8,12-13,22-24,27-29,32-33H,6,9-11,14-21,40H2,1-5H3,(H,42,54)(H,43,51)(H,45,55)(H,44,52,56)/t27-,28+,29+,32+,33+/m1/s1. The largest absolute Gasteiger partial charge is 0.444 e. The first-order chi connectivity index (χ1) is 28.1. The number of aromatic nitrogens is 4. The Morgan fingerprint density at radius 2 is 1.63 bits per heavy atom. The highest BCUT2D eigenvalue weighted by molar-refractivity contribution is 6.40. The summed E-state index contributed by atoms with van der Waals surface area (Å²) < 4.78 is 7.45. The van der Waals surface area contributed by atoms with E-state index in [0.717, 1.165) is 11.1 Å². The summed E-state index contributed by atoms with van der Waals surface area (Å²) in [5, 5.41) is 21.0. The van der Waals surface area contributed by atoms with E-state index in [1.807, 2.05) is 29.6 Å². The Hall–Kier alpha value is -5.79. The molecule has 0 saturated carbocycles. The number of carbonyl (C=O) groups is 8. The summed E-state index contributed by atoms with van der Waals surface area (Å²) in [5.74, 6) is -6.46. The van der Waals surface area contributed by atoms with Crippen molar-refractivity contribution in [3.63, 3.8) is 0 Å². The number of fused-ring (bicyclic) bond motifs is 1. The van der Waals surface area contributed by atoms with Crippen LogP contribution in [0, 0.1) is 11.8 Å². The van der Waals surface area contributed by atoms with Gasteiger partial charge in [0.25, 0.3) is 5.91 Å². The molecule has 322 valence electrons. The number of benzene rings is 1. The Kier molecular flexibility index (Phi) is 17.0. The monoisotopic (exact) mass is 823 g/mol. The minimum Gasteiger partial charge on any atom is -0.444 e. The van der Waals surface area contributed by atoms with Gasteiger partial charge in [-0.3, -0.25) is 38.9 Å². The van der Waals surface area contributed by atoms with Crippen molar-refractivity contribution in [1.29, 1.82) is 0 Å². The fourth-order valence-corrected chi connectivity index (χ4v) is 7.02. The van der Waals surface area contributed by atoms with Crippen LogP contribution in [0.5, 0.6) is 0 Å². The van der Waals surface area contributed by atoms with E-state index in [9.17, 15) is 38.4 Å². The zero-order valence-corrected chi connectivity index (χ0v) is 34.3. The molecule has 0 unspecified atom stereocenters. The predicted molar refractivity (Wildman–Crippen MR) is 210 cm³/mol. The number of nitrogens with one attached hydrogen (secondary N) is 4. The van der Waals surface area contributed by atoms with E-state index >= 15 is 0 Å². The van der Waals surface area contributed by atoms with Gasteiger partial charge in [0.15, 0.2) is 0 Å². The molecule has 0 aliphatic carbocycles. The van der Waals surface area contributed by atoms with E-state index in [-0.39, 0.29) is 37.6 Å². The fraction of sp³-hybridized carbons (Fsp3) is 0.615. The first-order valence-electron chi connectivity index (χ1n) is 20.1. The quantitative estimate of drug-likeness (QED) is 0.0905. The summed E-state index contributed by atoms with van der Waals surface area (Å²) in [4.78, 5) is 109. The zero-order chi connectivity index (χ0) is 43.2. The minimum absolute atomic E-state index is 0.0383. The molecule has 0 spiro atoms. The molecule has 20 nitrogen and oxygen atoms in total. The second kappa shape index (κ2) is 21.8. The maximum Gasteiger partial charge on any atom is 0.410 e. The lowest BCUT2D eigenvalue weighted by Crippen LogP contribution is -2.60. The number of Topliss-reactive ketones (excluding diaryl/α,β-unsaturated/α-hetero) is 1. The van der Waals surface area contributed by atoms with Gasteiger partial charge >= 0.3 is 6.09 Å². The lowest BCUT2D eigenvalue weighted by Gasteiger charge is -2.32. The van der Waals surface area contributed by atoms with E-state index in [2.05, 4.69) is 31.5 Å². The van der Waals surface area contributed by atoms with Crippen molar-refractivity contribution in [3.05, 3.63) is 41.7 Å². The molecule has 2 aromatic rings. The van der Waals surface area contributed by atoms with Crippen LogP contribution in [0.1, 0.15) is 84.3 Å². The third-order valence-electron chi connectivity index (χ3n) is 10.3. The molecule has 2 aliphatic heterocycles. The number of hydrogen-bond donors (Lipinski definition) is 5. The van der Waals surface area contributed by atoms with Crippen LogP contribution in [0.4, 0.5) is 4.79 Å². The number of tetrazole rings is 1. The van der Waals surface area contributed by atoms with Crippen LogP contribution < -0.4 is 27.0 Å². The molecule has 3 heterocycles. The molecule has 1 aromatic heterocycles. The Balaban J connectivity index is 1.51. The van der Waals surface area contributed by atoms with Gasteiger partial charge in [0.05, 0.1) is 19.1 Å². The molecule has 7 amide bonds. The lowest BCUT2D eigenvalue weighted by molar-refractivity contribution is -0.145. The van der Waals surface area contributed by atoms with E-state index in [1.54, 1.807) is 44.2 Å². The molecule has 6 N–H and O–H groups in total. The van der Waals surface area contributed by atoms with E-state index < -0.39 is 84.1 Å². The number of nitrogens with two attached hydrogens (primary N) is 1. The maximum atomic E-state index is 14.5. The first-order valence-corrected chi connectivity index (χ1v) is 20.1. The molecule has 1 aromatic carbocycles. The van der Waals surface area contributed by atoms with Gasteiger partial charge in [0, 0.05) is 32.5 Å². The van der Waals surface area contributed by atoms with Crippen LogP contribution in [-0.4, -0.2) is 127 Å². The number of nitrogens with zero attached hydrogens (tertiary/aromatic N) is 6. The van der Waals surface area contributed by atoms with Crippen molar-refractivity contribution >= 4 is 47.3 Å². The molecule has 1 saturated heterocycles. The van der Waals surface area contributed by atoms with Gasteiger partial charge in [-0.2, -0.15) is 0 Å². The van der Waals surface area contributed by atoms with Crippen molar-refractivity contribution in [2.45, 2.75) is 123 Å². The van der Waals surface area contributed by atoms with E-state index in [4.69, 9.17) is 10.5 Å². The number of ether oxygens (including phenoxy) is 1. The van der Waals surface area contributed by atoms with E-state index in [0.29, 0.717) is 45.3 Å². The Bertz CT molecular complexity index is 1820. The average Bonchev–Trinajstić information content (AvgIpc) is 3.90. The Morgan fingerprint density at radius 1 is 0.915 bits per heavy atom. The summed E-state index contributed by atoms with van der Waals surface area (Å²) in [6, 6.07) is 2.95. The van der Waals surface area contributed by atoms with Crippen molar-refractivity contribution in [3.8, 4) is 0 Å². The molecule has 0 radical (unpaired) electrons. The van der Waals surface area contributed by atoms with Crippen LogP contribution >= 0.6 is 0 Å². The number of imide groups is 1. The minimum atomic E-state index is -1.35. The van der Waals surface area contributed by atoms with Crippen LogP contribution in [0.3, 0.4) is 0 Å². The SMILES string of the molecule is CCC[C@H](NC(=O)[C@@H]1C[C@@H](OC(=O)N2CCc3ccccc3C2)CN1C(=O)[C@@H](NC(=O)[C@@H](NC(=O)CCCCn1cnnn1)C(C)C)C(C)C)C(=O)C(=O)NC(=O)CN. The molecular formula is C39H57N11O9. The number of carbonyl (C=O) groups excluding carboxylic acids is 8. The summed E-state index contributed by atoms with van der Waals surface area (Å²) in [5.41, 5.74) is 7.38. The highest BCUT2D eigenvalue weighted by Crippen LogP contribution is 2.26. The van der Waals surface area contributed by atoms with Gasteiger partial charge in [-0.1, -0.05) is 65.3 Å². The smallest absolute Gasteiger partial charge is 0.410 e. The van der Waals surface area contributed by atoms with Crippen molar-refractivity contribution < 1.29 is 43.1 Å². The topological polar surface area (TPSA) is 270 Å². The van der Waals surface area contributed by atoms with Crippen LogP contribution in [-0.2, 0) is 57.8 Å². The normalized spacial score (nSPS) is 17.7. The zero-order valence-electron chi connectivity index (χ0n) is 34.3. The van der Waals surface area contributed by atoms with Crippen molar-refractivity contribution in [2.75, 3.05) is 19.6 Å². The molecule has 1 fully saturated rings. The van der Waals surface area contributed by atoms with Crippen molar-refractivity contribution in [1.82, 2.24) is 51.3 Å². The average molecular weight is 824 g/mol. The van der Waals surface area contributed by atoms with Gasteiger partial charge < -0.3 is 36.2 Å². The molecule has 5 atom stereocenters. The molecule has 4 rings (SSSR count). The van der Waals surface area contributed by atoms with Gasteiger partial charge in [-0.05, 0) is 59.1 Å². The third kappa shape index (κ3) is 12.8. The number of aryl methyl sites for hydroxylation is 1. The molecular weight excluding hydrogens is 766 g/mol. The molecule has 0 bridgehead atoms. The van der Waals surface area contributed by atoms with Crippen LogP contribution in [0.25, 0.3) is 0 Å². The second-order valence-electron chi connectivity index (χ2n) is 15.5. The van der Waals surface area contributed by atoms with Gasteiger partial charge in [-0.25, -0.2) is 9.48 Å². The van der Waals surface area contributed by atoms with Gasteiger partial charge in [0.1, 0.15) is 30.6 Å². The first kappa shape index (κ1) is 45.9. The van der Waals surface area contributed by atoms with Crippen LogP contribution in [0.15, 0.2) is 30.6 Å². The fourth-order valence-electron chi connectivity index (χ4n) is 7.02. The summed E-state index contributed by atoms with van der Waals surface area (Å²) in [6.45, 7) is 9.18. The third-order valence-corrected chi connectivity index (χ3v) is 10.3. The summed E-state index contributed by atoms with van der Waals surface area (Å²) >= 11 is 0. The number of likely N-dealkylation sites (tertiary alicyclic amines) is 1. The number of unbranched alkanes of at least 4 members (excludes halogenated alkanes) is 1. The van der Waals surface area contributed by atoms with Gasteiger partial charge in [0.2, 0.25) is 35.3 Å². The highest BCUT2D eigenvalue weighted by atomic mass is 16.6. The van der Waals surface area contributed by atoms with E-state index in [1.165, 1.54) is 11.2 Å². The summed E-state index contributed by atoms with van der Waals surface area (Å²) in [6.07, 6.45) is 2.08. The number of rotatable bonds is 19. The molecule has 59 heavy (non-hydrogen) atoms. The number of hydrogen-bond acceptors (Lipinski definition) is 13. The van der Waals surface area contributed by atoms with Crippen LogP contribution in [0.2, 0.25) is 0 Å².